The second-order valence-corrected chi connectivity index (χ2v) is 6.81. The Kier molecular flexibility index (Phi) is 8.91. The molecule has 1 N–H and O–H groups in total. The van der Waals surface area contributed by atoms with Gasteiger partial charge < -0.3 is 4.74 Å². The highest BCUT2D eigenvalue weighted by Crippen LogP contribution is 2.38. The van der Waals surface area contributed by atoms with Crippen molar-refractivity contribution in [3.05, 3.63) is 34.9 Å². The number of hydrogen-bond donors (Lipinski definition) is 1. The first-order chi connectivity index (χ1) is 11.5. The minimum Gasteiger partial charge on any atom is -0.466 e. The number of carbonyl (C=O) groups is 2. The molecule has 140 valence electrons. The smallest absolute Gasteiger partial charge is 0.305 e. The van der Waals surface area contributed by atoms with Gasteiger partial charge in [-0.1, -0.05) is 36.2 Å². The third kappa shape index (κ3) is 5.44. The van der Waals surface area contributed by atoms with Crippen molar-refractivity contribution in [1.82, 2.24) is 5.32 Å². The normalized spacial score (nSPS) is 21.3. The van der Waals surface area contributed by atoms with E-state index in [1.807, 2.05) is 31.2 Å². The monoisotopic (exact) mass is 387 g/mol. The molecule has 1 aliphatic carbocycles. The molecule has 2 atom stereocenters. The number of carbonyl (C=O) groups excluding carboxylic acids is 2. The molecule has 2 rings (SSSR count). The number of Topliss-reactive ketones (excluding diaryl/α,β-unsaturated/α-hetero) is 1. The van der Waals surface area contributed by atoms with E-state index >= 15 is 0 Å². The first-order valence-corrected chi connectivity index (χ1v) is 9.09. The quantitative estimate of drug-likeness (QED) is 0.703. The summed E-state index contributed by atoms with van der Waals surface area (Å²) >= 11 is 6.40. The highest BCUT2D eigenvalue weighted by atomic mass is 35.5. The Morgan fingerprint density at radius 2 is 2.08 bits per heavy atom. The lowest BCUT2D eigenvalue weighted by molar-refractivity contribution is -0.143. The van der Waals surface area contributed by atoms with Crippen LogP contribution in [0.2, 0.25) is 5.02 Å². The third-order valence-corrected chi connectivity index (χ3v) is 4.92. The number of ether oxygens (including phenoxy) is 1. The van der Waals surface area contributed by atoms with Gasteiger partial charge in [-0.3, -0.25) is 14.9 Å². The highest BCUT2D eigenvalue weighted by Gasteiger charge is 2.43. The topological polar surface area (TPSA) is 55.4 Å². The van der Waals surface area contributed by atoms with Crippen LogP contribution in [0, 0.1) is 0 Å². The van der Waals surface area contributed by atoms with E-state index in [0.717, 1.165) is 24.8 Å². The van der Waals surface area contributed by atoms with Crippen LogP contribution in [0.5, 0.6) is 0 Å². The van der Waals surface area contributed by atoms with Crippen molar-refractivity contribution in [2.45, 2.75) is 64.0 Å². The van der Waals surface area contributed by atoms with Crippen LogP contribution in [0.1, 0.15) is 57.9 Å². The van der Waals surface area contributed by atoms with Crippen LogP contribution in [0.25, 0.3) is 0 Å². The third-order valence-electron chi connectivity index (χ3n) is 4.59. The van der Waals surface area contributed by atoms with Crippen LogP contribution in [-0.4, -0.2) is 24.4 Å². The minimum absolute atomic E-state index is 0. The maximum atomic E-state index is 12.8. The van der Waals surface area contributed by atoms with Crippen LogP contribution >= 0.6 is 24.0 Å². The fraction of sp³-hybridized carbons (Fsp3) is 0.579. The average molecular weight is 388 g/mol. The van der Waals surface area contributed by atoms with Gasteiger partial charge in [0.1, 0.15) is 5.54 Å². The number of benzene rings is 1. The Morgan fingerprint density at radius 3 is 2.72 bits per heavy atom. The van der Waals surface area contributed by atoms with Crippen molar-refractivity contribution >= 4 is 35.8 Å². The second-order valence-electron chi connectivity index (χ2n) is 6.40. The van der Waals surface area contributed by atoms with Gasteiger partial charge in [0.25, 0.3) is 0 Å². The van der Waals surface area contributed by atoms with E-state index in [-0.39, 0.29) is 30.2 Å². The van der Waals surface area contributed by atoms with Crippen molar-refractivity contribution < 1.29 is 14.3 Å². The fourth-order valence-corrected chi connectivity index (χ4v) is 3.71. The Morgan fingerprint density at radius 1 is 1.36 bits per heavy atom. The molecule has 1 aromatic rings. The standard InChI is InChI=1S/C19H26ClNO3.ClH/c1-3-24-18(23)12-11-14(2)21-19(13-7-6-10-17(19)22)15-8-4-5-9-16(15)20;/h4-5,8-9,14,21H,3,6-7,10-13H2,1-2H3;1H. The lowest BCUT2D eigenvalue weighted by Crippen LogP contribution is -2.54. The molecule has 0 spiro atoms. The molecular formula is C19H27Cl2NO3. The fourth-order valence-electron chi connectivity index (χ4n) is 3.41. The molecule has 0 heterocycles. The van der Waals surface area contributed by atoms with Crippen molar-refractivity contribution in [3.63, 3.8) is 0 Å². The predicted octanol–water partition coefficient (Wildman–Crippen LogP) is 4.42. The van der Waals surface area contributed by atoms with Crippen LogP contribution in [0.15, 0.2) is 24.3 Å². The number of nitrogens with one attached hydrogen (secondary N) is 1. The maximum Gasteiger partial charge on any atom is 0.305 e. The number of rotatable bonds is 7. The molecule has 0 aliphatic heterocycles. The van der Waals surface area contributed by atoms with Crippen molar-refractivity contribution in [2.24, 2.45) is 0 Å². The van der Waals surface area contributed by atoms with Gasteiger partial charge in [0.2, 0.25) is 0 Å². The van der Waals surface area contributed by atoms with E-state index in [1.54, 1.807) is 6.92 Å². The molecular weight excluding hydrogens is 361 g/mol. The summed E-state index contributed by atoms with van der Waals surface area (Å²) < 4.78 is 4.98. The molecule has 0 bridgehead atoms. The highest BCUT2D eigenvalue weighted by molar-refractivity contribution is 6.31. The maximum absolute atomic E-state index is 12.8. The minimum atomic E-state index is -0.745. The van der Waals surface area contributed by atoms with E-state index in [0.29, 0.717) is 30.9 Å². The molecule has 0 saturated heterocycles. The number of esters is 1. The molecule has 4 nitrogen and oxygen atoms in total. The van der Waals surface area contributed by atoms with E-state index in [9.17, 15) is 9.59 Å². The largest absolute Gasteiger partial charge is 0.466 e. The molecule has 1 aromatic carbocycles. The molecule has 25 heavy (non-hydrogen) atoms. The molecule has 2 unspecified atom stereocenters. The van der Waals surface area contributed by atoms with Gasteiger partial charge in [-0.05, 0) is 44.7 Å². The first kappa shape index (κ1) is 21.9. The summed E-state index contributed by atoms with van der Waals surface area (Å²) in [5.74, 6) is -0.0160. The summed E-state index contributed by atoms with van der Waals surface area (Å²) in [4.78, 5) is 24.4. The van der Waals surface area contributed by atoms with E-state index in [1.165, 1.54) is 0 Å². The van der Waals surface area contributed by atoms with Crippen molar-refractivity contribution in [3.8, 4) is 0 Å². The molecule has 0 amide bonds. The molecule has 1 aliphatic rings. The summed E-state index contributed by atoms with van der Waals surface area (Å²) in [5.41, 5.74) is 0.101. The molecule has 0 radical (unpaired) electrons. The summed E-state index contributed by atoms with van der Waals surface area (Å²) in [6, 6.07) is 7.54. The van der Waals surface area contributed by atoms with E-state index < -0.39 is 5.54 Å². The zero-order valence-electron chi connectivity index (χ0n) is 14.8. The molecule has 1 fully saturated rings. The van der Waals surface area contributed by atoms with Gasteiger partial charge in [-0.25, -0.2) is 0 Å². The predicted molar refractivity (Wildman–Crippen MR) is 102 cm³/mol. The van der Waals surface area contributed by atoms with E-state index in [2.05, 4.69) is 5.32 Å². The lowest BCUT2D eigenvalue weighted by Gasteiger charge is -2.40. The van der Waals surface area contributed by atoms with Gasteiger partial charge in [-0.2, -0.15) is 0 Å². The molecule has 6 heteroatoms. The Hall–Kier alpha value is -1.10. The second kappa shape index (κ2) is 10.1. The Bertz CT molecular complexity index is 594. The summed E-state index contributed by atoms with van der Waals surface area (Å²) in [5, 5.41) is 4.10. The van der Waals surface area contributed by atoms with Gasteiger partial charge >= 0.3 is 5.97 Å². The first-order valence-electron chi connectivity index (χ1n) is 8.71. The number of halogens is 2. The van der Waals surface area contributed by atoms with Gasteiger partial charge in [0.05, 0.1) is 6.61 Å². The Balaban J connectivity index is 0.00000312. The number of ketones is 1. The van der Waals surface area contributed by atoms with Crippen LogP contribution in [-0.2, 0) is 19.9 Å². The van der Waals surface area contributed by atoms with Crippen molar-refractivity contribution in [2.75, 3.05) is 6.61 Å². The van der Waals surface area contributed by atoms with Gasteiger partial charge in [0, 0.05) is 23.9 Å². The lowest BCUT2D eigenvalue weighted by atomic mass is 9.75. The Labute approximate surface area is 161 Å². The van der Waals surface area contributed by atoms with E-state index in [4.69, 9.17) is 16.3 Å². The van der Waals surface area contributed by atoms with Crippen LogP contribution < -0.4 is 5.32 Å². The SMILES string of the molecule is CCOC(=O)CCC(C)NC1(c2ccccc2Cl)CCCCC1=O.Cl. The zero-order valence-corrected chi connectivity index (χ0v) is 16.4. The summed E-state index contributed by atoms with van der Waals surface area (Å²) in [6.45, 7) is 4.19. The van der Waals surface area contributed by atoms with Crippen LogP contribution in [0.3, 0.4) is 0 Å². The van der Waals surface area contributed by atoms with Gasteiger partial charge in [-0.15, -0.1) is 12.4 Å². The van der Waals surface area contributed by atoms with Crippen LogP contribution in [0.4, 0.5) is 0 Å². The molecule has 1 saturated carbocycles. The average Bonchev–Trinajstić information content (AvgIpc) is 2.56. The summed E-state index contributed by atoms with van der Waals surface area (Å²) in [7, 11) is 0. The number of hydrogen-bond acceptors (Lipinski definition) is 4. The molecule has 0 aromatic heterocycles. The summed E-state index contributed by atoms with van der Waals surface area (Å²) in [6.07, 6.45) is 4.16. The zero-order chi connectivity index (χ0) is 17.6. The van der Waals surface area contributed by atoms with Gasteiger partial charge in [0.15, 0.2) is 5.78 Å². The van der Waals surface area contributed by atoms with Crippen molar-refractivity contribution in [1.29, 1.82) is 0 Å².